The summed E-state index contributed by atoms with van der Waals surface area (Å²) in [6.45, 7) is 0. The summed E-state index contributed by atoms with van der Waals surface area (Å²) in [5, 5.41) is 3.15. The van der Waals surface area contributed by atoms with Crippen molar-refractivity contribution in [1.29, 1.82) is 0 Å². The van der Waals surface area contributed by atoms with Crippen molar-refractivity contribution >= 4 is 39.1 Å². The number of amides is 1. The van der Waals surface area contributed by atoms with Gasteiger partial charge in [0.2, 0.25) is 5.91 Å². The lowest BCUT2D eigenvalue weighted by Crippen LogP contribution is -2.31. The fourth-order valence-electron chi connectivity index (χ4n) is 2.79. The van der Waals surface area contributed by atoms with Gasteiger partial charge in [-0.1, -0.05) is 41.9 Å². The molecule has 2 aromatic rings. The zero-order valence-corrected chi connectivity index (χ0v) is 15.8. The zero-order chi connectivity index (χ0) is 17.9. The summed E-state index contributed by atoms with van der Waals surface area (Å²) in [4.78, 5) is 13.5. The quantitative estimate of drug-likeness (QED) is 0.834. The van der Waals surface area contributed by atoms with E-state index in [4.69, 9.17) is 11.6 Å². The average Bonchev–Trinajstić information content (AvgIpc) is 2.61. The first-order valence-electron chi connectivity index (χ1n) is 7.96. The molecule has 1 aliphatic heterocycles. The van der Waals surface area contributed by atoms with E-state index in [2.05, 4.69) is 5.32 Å². The largest absolute Gasteiger partial charge is 0.349 e. The van der Waals surface area contributed by atoms with E-state index < -0.39 is 9.84 Å². The minimum Gasteiger partial charge on any atom is -0.349 e. The molecule has 1 aliphatic rings. The van der Waals surface area contributed by atoms with Crippen molar-refractivity contribution in [2.45, 2.75) is 28.7 Å². The van der Waals surface area contributed by atoms with Crippen LogP contribution in [0.5, 0.6) is 0 Å². The standard InChI is InChI=1S/C18H18ClNO3S2/c19-14-6-2-4-8-17(14)25(22,23)12-10-18(21)20-15-9-11-24-16-7-3-1-5-13(15)16/h1-8,15H,9-12H2,(H,20,21)/t15-/m1/s1. The van der Waals surface area contributed by atoms with Crippen molar-refractivity contribution in [1.82, 2.24) is 5.32 Å². The maximum Gasteiger partial charge on any atom is 0.221 e. The SMILES string of the molecule is O=C(CCS(=O)(=O)c1ccccc1Cl)N[C@@H]1CCSc2ccccc21. The molecule has 25 heavy (non-hydrogen) atoms. The second-order valence-corrected chi connectivity index (χ2v) is 9.42. The molecule has 3 rings (SSSR count). The van der Waals surface area contributed by atoms with Crippen molar-refractivity contribution < 1.29 is 13.2 Å². The molecule has 0 aliphatic carbocycles. The Hall–Kier alpha value is -1.50. The Kier molecular flexibility index (Phi) is 5.71. The van der Waals surface area contributed by atoms with Gasteiger partial charge in [0.25, 0.3) is 0 Å². The Morgan fingerprint density at radius 3 is 2.68 bits per heavy atom. The monoisotopic (exact) mass is 395 g/mol. The van der Waals surface area contributed by atoms with Crippen LogP contribution in [0.4, 0.5) is 0 Å². The highest BCUT2D eigenvalue weighted by Crippen LogP contribution is 2.35. The highest BCUT2D eigenvalue weighted by atomic mass is 35.5. The Balaban J connectivity index is 1.64. The maximum atomic E-state index is 12.4. The molecule has 132 valence electrons. The first kappa shape index (κ1) is 18.3. The summed E-state index contributed by atoms with van der Waals surface area (Å²) >= 11 is 7.73. The molecular formula is C18H18ClNO3S2. The molecule has 0 spiro atoms. The molecule has 0 saturated carbocycles. The number of carbonyl (C=O) groups excluding carboxylic acids is 1. The van der Waals surface area contributed by atoms with Crippen LogP contribution in [-0.4, -0.2) is 25.8 Å². The van der Waals surface area contributed by atoms with Gasteiger partial charge in [-0.3, -0.25) is 4.79 Å². The number of rotatable bonds is 5. The second-order valence-electron chi connectivity index (χ2n) is 5.79. The first-order valence-corrected chi connectivity index (χ1v) is 11.0. The third-order valence-electron chi connectivity index (χ3n) is 4.06. The number of benzene rings is 2. The third-order valence-corrected chi connectivity index (χ3v) is 7.40. The number of hydrogen-bond acceptors (Lipinski definition) is 4. The summed E-state index contributed by atoms with van der Waals surface area (Å²) < 4.78 is 24.8. The Labute approximate surface area is 156 Å². The van der Waals surface area contributed by atoms with Gasteiger partial charge in [0, 0.05) is 17.1 Å². The molecule has 2 aromatic carbocycles. The van der Waals surface area contributed by atoms with Gasteiger partial charge >= 0.3 is 0 Å². The molecule has 1 N–H and O–H groups in total. The van der Waals surface area contributed by atoms with Crippen LogP contribution in [-0.2, 0) is 14.6 Å². The van der Waals surface area contributed by atoms with Crippen molar-refractivity contribution in [2.75, 3.05) is 11.5 Å². The Morgan fingerprint density at radius 2 is 1.88 bits per heavy atom. The van der Waals surface area contributed by atoms with E-state index in [1.165, 1.54) is 17.0 Å². The fourth-order valence-corrected chi connectivity index (χ4v) is 5.73. The predicted molar refractivity (Wildman–Crippen MR) is 101 cm³/mol. The lowest BCUT2D eigenvalue weighted by Gasteiger charge is -2.25. The van der Waals surface area contributed by atoms with Crippen molar-refractivity contribution in [3.8, 4) is 0 Å². The van der Waals surface area contributed by atoms with Crippen LogP contribution in [0.3, 0.4) is 0 Å². The second kappa shape index (κ2) is 7.81. The van der Waals surface area contributed by atoms with E-state index >= 15 is 0 Å². The van der Waals surface area contributed by atoms with Gasteiger partial charge in [0.05, 0.1) is 21.7 Å². The Morgan fingerprint density at radius 1 is 1.16 bits per heavy atom. The summed E-state index contributed by atoms with van der Waals surface area (Å²) in [6.07, 6.45) is 0.754. The zero-order valence-electron chi connectivity index (χ0n) is 13.4. The number of thioether (sulfide) groups is 1. The topological polar surface area (TPSA) is 63.2 Å². The number of fused-ring (bicyclic) bond motifs is 1. The number of carbonyl (C=O) groups is 1. The van der Waals surface area contributed by atoms with Gasteiger partial charge in [-0.25, -0.2) is 8.42 Å². The van der Waals surface area contributed by atoms with Crippen LogP contribution in [0.1, 0.15) is 24.4 Å². The van der Waals surface area contributed by atoms with E-state index in [9.17, 15) is 13.2 Å². The molecule has 0 fully saturated rings. The van der Waals surface area contributed by atoms with E-state index in [0.29, 0.717) is 0 Å². The molecule has 0 unspecified atom stereocenters. The van der Waals surface area contributed by atoms with E-state index in [1.54, 1.807) is 23.9 Å². The molecule has 1 atom stereocenters. The van der Waals surface area contributed by atoms with Crippen LogP contribution >= 0.6 is 23.4 Å². The van der Waals surface area contributed by atoms with Crippen LogP contribution in [0.25, 0.3) is 0 Å². The lowest BCUT2D eigenvalue weighted by atomic mass is 10.0. The van der Waals surface area contributed by atoms with E-state index in [1.807, 2.05) is 24.3 Å². The predicted octanol–water partition coefficient (Wildman–Crippen LogP) is 3.86. The highest BCUT2D eigenvalue weighted by Gasteiger charge is 2.24. The first-order chi connectivity index (χ1) is 12.0. The number of sulfone groups is 1. The van der Waals surface area contributed by atoms with Crippen molar-refractivity contribution in [3.63, 3.8) is 0 Å². The van der Waals surface area contributed by atoms with Gasteiger partial charge in [-0.2, -0.15) is 0 Å². The summed E-state index contributed by atoms with van der Waals surface area (Å²) in [5.74, 6) is 0.410. The molecule has 0 radical (unpaired) electrons. The van der Waals surface area contributed by atoms with Gasteiger partial charge in [0.1, 0.15) is 0 Å². The molecule has 0 aromatic heterocycles. The highest BCUT2D eigenvalue weighted by molar-refractivity contribution is 7.99. The molecular weight excluding hydrogens is 378 g/mol. The van der Waals surface area contributed by atoms with Crippen LogP contribution in [0.2, 0.25) is 5.02 Å². The smallest absolute Gasteiger partial charge is 0.221 e. The van der Waals surface area contributed by atoms with Crippen LogP contribution < -0.4 is 5.32 Å². The van der Waals surface area contributed by atoms with Gasteiger partial charge in [-0.15, -0.1) is 11.8 Å². The van der Waals surface area contributed by atoms with Gasteiger partial charge < -0.3 is 5.32 Å². The molecule has 1 amide bonds. The van der Waals surface area contributed by atoms with E-state index in [0.717, 1.165) is 17.7 Å². The minimum atomic E-state index is -3.58. The third kappa shape index (κ3) is 4.37. The van der Waals surface area contributed by atoms with Crippen molar-refractivity contribution in [3.05, 3.63) is 59.1 Å². The van der Waals surface area contributed by atoms with Crippen LogP contribution in [0, 0.1) is 0 Å². The van der Waals surface area contributed by atoms with Gasteiger partial charge in [0.15, 0.2) is 9.84 Å². The maximum absolute atomic E-state index is 12.4. The Bertz CT molecular complexity index is 883. The molecule has 0 bridgehead atoms. The fraction of sp³-hybridized carbons (Fsp3) is 0.278. The summed E-state index contributed by atoms with van der Waals surface area (Å²) in [6, 6.07) is 14.2. The van der Waals surface area contributed by atoms with Gasteiger partial charge in [-0.05, 0) is 30.2 Å². The van der Waals surface area contributed by atoms with E-state index in [-0.39, 0.29) is 34.0 Å². The minimum absolute atomic E-state index is 0.0621. The molecule has 1 heterocycles. The average molecular weight is 396 g/mol. The van der Waals surface area contributed by atoms with Crippen LogP contribution in [0.15, 0.2) is 58.3 Å². The van der Waals surface area contributed by atoms with Crippen molar-refractivity contribution in [2.24, 2.45) is 0 Å². The number of hydrogen-bond donors (Lipinski definition) is 1. The molecule has 7 heteroatoms. The normalized spacial score (nSPS) is 16.9. The summed E-state index contributed by atoms with van der Waals surface area (Å²) in [7, 11) is -3.58. The number of halogens is 1. The number of nitrogens with one attached hydrogen (secondary N) is 1. The lowest BCUT2D eigenvalue weighted by molar-refractivity contribution is -0.121. The molecule has 4 nitrogen and oxygen atoms in total. The summed E-state index contributed by atoms with van der Waals surface area (Å²) in [5.41, 5.74) is 1.10. The molecule has 0 saturated heterocycles.